The molecule has 1 fully saturated rings. The Bertz CT molecular complexity index is 1220. The monoisotopic (exact) mass is 539 g/mol. The molecule has 4 rings (SSSR count). The summed E-state index contributed by atoms with van der Waals surface area (Å²) in [6.07, 6.45) is 7.91. The van der Waals surface area contributed by atoms with Gasteiger partial charge in [-0.3, -0.25) is 4.31 Å². The molecule has 1 aliphatic heterocycles. The minimum absolute atomic E-state index is 0.0310. The van der Waals surface area contributed by atoms with E-state index in [1.54, 1.807) is 25.3 Å². The number of allylic oxidation sites excluding steroid dienone is 1. The zero-order chi connectivity index (χ0) is 27.3. The number of aryl methyl sites for hydroxylation is 1. The number of hydrogen-bond donors (Lipinski definition) is 1. The van der Waals surface area contributed by atoms with Gasteiger partial charge in [0.05, 0.1) is 24.3 Å². The summed E-state index contributed by atoms with van der Waals surface area (Å²) in [4.78, 5) is 0.254. The Hall–Kier alpha value is -2.61. The van der Waals surface area contributed by atoms with E-state index >= 15 is 0 Å². The van der Waals surface area contributed by atoms with E-state index in [2.05, 4.69) is 13.5 Å². The number of sulfonamides is 1. The third-order valence-corrected chi connectivity index (χ3v) is 10.0. The topological polar surface area (TPSA) is 76.1 Å². The average molecular weight is 540 g/mol. The predicted octanol–water partition coefficient (Wildman–Crippen LogP) is 6.00. The lowest BCUT2D eigenvalue weighted by molar-refractivity contribution is -0.103. The fourth-order valence-corrected chi connectivity index (χ4v) is 7.56. The Kier molecular flexibility index (Phi) is 9.01. The van der Waals surface area contributed by atoms with Crippen LogP contribution >= 0.6 is 0 Å². The largest absolute Gasteiger partial charge is 0.497 e. The lowest BCUT2D eigenvalue weighted by Gasteiger charge is -2.54. The molecule has 0 spiro atoms. The molecule has 0 radical (unpaired) electrons. The molecule has 1 aliphatic carbocycles. The summed E-state index contributed by atoms with van der Waals surface area (Å²) in [5.41, 5.74) is 1.45. The van der Waals surface area contributed by atoms with Crippen LogP contribution in [0.3, 0.4) is 0 Å². The normalized spacial score (nSPS) is 24.3. The summed E-state index contributed by atoms with van der Waals surface area (Å²) < 4.78 is 40.6. The number of methoxy groups -OCH3 is 1. The second-order valence-electron chi connectivity index (χ2n) is 10.7. The van der Waals surface area contributed by atoms with Crippen LogP contribution in [0.2, 0.25) is 0 Å². The van der Waals surface area contributed by atoms with Crippen molar-refractivity contribution in [2.24, 2.45) is 11.8 Å². The summed E-state index contributed by atoms with van der Waals surface area (Å²) in [5, 5.41) is 12.0. The lowest BCUT2D eigenvalue weighted by Crippen LogP contribution is -2.58. The van der Waals surface area contributed by atoms with Gasteiger partial charge < -0.3 is 14.6 Å². The second-order valence-corrected chi connectivity index (χ2v) is 12.5. The molecule has 6 nitrogen and oxygen atoms in total. The van der Waals surface area contributed by atoms with Crippen molar-refractivity contribution in [2.75, 3.05) is 13.7 Å². The van der Waals surface area contributed by atoms with Crippen LogP contribution in [0, 0.1) is 18.8 Å². The first kappa shape index (κ1) is 28.4. The van der Waals surface area contributed by atoms with E-state index in [9.17, 15) is 13.5 Å². The maximum Gasteiger partial charge on any atom is 0.264 e. The van der Waals surface area contributed by atoms with Gasteiger partial charge in [0.1, 0.15) is 11.4 Å². The Morgan fingerprint density at radius 1 is 1.16 bits per heavy atom. The molecule has 0 amide bonds. The van der Waals surface area contributed by atoms with Crippen LogP contribution in [-0.2, 0) is 21.4 Å². The van der Waals surface area contributed by atoms with Crippen LogP contribution in [0.4, 0.5) is 0 Å². The van der Waals surface area contributed by atoms with Gasteiger partial charge in [0.15, 0.2) is 0 Å². The van der Waals surface area contributed by atoms with Crippen molar-refractivity contribution in [2.45, 2.75) is 75.5 Å². The van der Waals surface area contributed by atoms with Crippen molar-refractivity contribution in [3.05, 3.63) is 84.1 Å². The number of aliphatic hydroxyl groups is 1. The van der Waals surface area contributed by atoms with Crippen LogP contribution in [0.25, 0.3) is 0 Å². The highest BCUT2D eigenvalue weighted by molar-refractivity contribution is 7.89. The molecule has 7 heteroatoms. The molecule has 2 aliphatic rings. The predicted molar refractivity (Wildman–Crippen MR) is 150 cm³/mol. The standard InChI is InChI=1S/C31H41NO5S/c1-5-7-26-8-6-9-30(32(26)38(34,35)28-16-10-23(2)11-17-28)31(33)20-18-29(31)24(3)19-21-37-22-25-12-14-27(36-4)15-13-25/h5,9-17,24,26,29,33H,1,6-8,18-22H2,2-4H3/t24-,26-,29+,31+/m0/s1. The highest BCUT2D eigenvalue weighted by atomic mass is 32.2. The zero-order valence-electron chi connectivity index (χ0n) is 22.8. The Labute approximate surface area is 228 Å². The molecule has 1 heterocycles. The number of hydrogen-bond acceptors (Lipinski definition) is 5. The van der Waals surface area contributed by atoms with Gasteiger partial charge in [0.2, 0.25) is 0 Å². The van der Waals surface area contributed by atoms with Gasteiger partial charge >= 0.3 is 0 Å². The maximum atomic E-state index is 14.0. The summed E-state index contributed by atoms with van der Waals surface area (Å²) in [7, 11) is -2.19. The summed E-state index contributed by atoms with van der Waals surface area (Å²) in [6, 6.07) is 14.5. The van der Waals surface area contributed by atoms with Gasteiger partial charge in [-0.15, -0.1) is 6.58 Å². The van der Waals surface area contributed by atoms with Crippen LogP contribution < -0.4 is 4.74 Å². The van der Waals surface area contributed by atoms with E-state index in [4.69, 9.17) is 9.47 Å². The number of ether oxygens (including phenoxy) is 2. The molecule has 0 bridgehead atoms. The molecule has 2 aromatic rings. The molecule has 38 heavy (non-hydrogen) atoms. The first-order chi connectivity index (χ1) is 18.2. The zero-order valence-corrected chi connectivity index (χ0v) is 23.6. The minimum Gasteiger partial charge on any atom is -0.497 e. The van der Waals surface area contributed by atoms with E-state index in [1.165, 1.54) is 4.31 Å². The molecule has 2 aromatic carbocycles. The van der Waals surface area contributed by atoms with E-state index in [0.717, 1.165) is 36.1 Å². The summed E-state index contributed by atoms with van der Waals surface area (Å²) in [6.45, 7) is 9.03. The van der Waals surface area contributed by atoms with Crippen LogP contribution in [0.5, 0.6) is 5.75 Å². The molecule has 0 saturated heterocycles. The molecule has 1 N–H and O–H groups in total. The Morgan fingerprint density at radius 3 is 2.47 bits per heavy atom. The van der Waals surface area contributed by atoms with Gasteiger partial charge in [0, 0.05) is 12.6 Å². The molecular formula is C31H41NO5S. The molecule has 1 saturated carbocycles. The fraction of sp³-hybridized carbons (Fsp3) is 0.484. The van der Waals surface area contributed by atoms with E-state index in [-0.39, 0.29) is 22.8 Å². The highest BCUT2D eigenvalue weighted by Crippen LogP contribution is 2.52. The first-order valence-electron chi connectivity index (χ1n) is 13.6. The van der Waals surface area contributed by atoms with Crippen molar-refractivity contribution in [3.8, 4) is 5.75 Å². The van der Waals surface area contributed by atoms with Crippen molar-refractivity contribution >= 4 is 10.0 Å². The van der Waals surface area contributed by atoms with E-state index in [0.29, 0.717) is 38.2 Å². The lowest BCUT2D eigenvalue weighted by atomic mass is 9.61. The number of rotatable bonds is 12. The highest BCUT2D eigenvalue weighted by Gasteiger charge is 2.54. The first-order valence-corrected chi connectivity index (χ1v) is 15.0. The van der Waals surface area contributed by atoms with Crippen molar-refractivity contribution in [3.63, 3.8) is 0 Å². The second kappa shape index (κ2) is 12.1. The molecular weight excluding hydrogens is 498 g/mol. The van der Waals surface area contributed by atoms with E-state index in [1.807, 2.05) is 49.4 Å². The Morgan fingerprint density at radius 2 is 1.87 bits per heavy atom. The third-order valence-electron chi connectivity index (χ3n) is 8.15. The molecule has 4 atom stereocenters. The SMILES string of the molecule is C=CC[C@H]1CCC=C([C@@]2(O)CC[C@@H]2[C@@H](C)CCOCc2ccc(OC)cc2)N1S(=O)(=O)c1ccc(C)cc1. The van der Waals surface area contributed by atoms with Gasteiger partial charge in [-0.2, -0.15) is 0 Å². The smallest absolute Gasteiger partial charge is 0.264 e. The number of nitrogens with zero attached hydrogens (tertiary/aromatic N) is 1. The quantitative estimate of drug-likeness (QED) is 0.264. The molecule has 0 unspecified atom stereocenters. The van der Waals surface area contributed by atoms with Crippen molar-refractivity contribution in [1.82, 2.24) is 4.31 Å². The minimum atomic E-state index is -3.84. The van der Waals surface area contributed by atoms with Crippen LogP contribution in [0.15, 0.2) is 77.9 Å². The van der Waals surface area contributed by atoms with Crippen molar-refractivity contribution in [1.29, 1.82) is 0 Å². The van der Waals surface area contributed by atoms with Gasteiger partial charge in [-0.25, -0.2) is 8.42 Å². The molecule has 206 valence electrons. The summed E-state index contributed by atoms with van der Waals surface area (Å²) in [5.74, 6) is 0.961. The van der Waals surface area contributed by atoms with Gasteiger partial charge in [-0.1, -0.05) is 48.9 Å². The van der Waals surface area contributed by atoms with Gasteiger partial charge in [0.25, 0.3) is 10.0 Å². The van der Waals surface area contributed by atoms with Crippen LogP contribution in [0.1, 0.15) is 56.6 Å². The Balaban J connectivity index is 1.47. The van der Waals surface area contributed by atoms with Crippen molar-refractivity contribution < 1.29 is 23.0 Å². The summed E-state index contributed by atoms with van der Waals surface area (Å²) >= 11 is 0. The average Bonchev–Trinajstić information content (AvgIpc) is 2.90. The fourth-order valence-electron chi connectivity index (χ4n) is 5.78. The van der Waals surface area contributed by atoms with Crippen LogP contribution in [-0.4, -0.2) is 43.2 Å². The number of benzene rings is 2. The van der Waals surface area contributed by atoms with Gasteiger partial charge in [-0.05, 0) is 87.1 Å². The third kappa shape index (κ3) is 5.85. The maximum absolute atomic E-state index is 14.0. The van der Waals surface area contributed by atoms with E-state index < -0.39 is 15.6 Å². The molecule has 0 aromatic heterocycles.